The Hall–Kier alpha value is -1.57. The maximum absolute atomic E-state index is 11.3. The number of carbonyl (C=O) groups is 2. The quantitative estimate of drug-likeness (QED) is 0.652. The van der Waals surface area contributed by atoms with Crippen LogP contribution in [0.5, 0.6) is 0 Å². The van der Waals surface area contributed by atoms with Gasteiger partial charge in [0.25, 0.3) is 0 Å². The third kappa shape index (κ3) is 5.01. The standard InChI is InChI=1S/C10H15NO4/c1-7(9(13)14-4)5-8(12)15-10(2,3)6-11/h7H,5H2,1-4H3. The van der Waals surface area contributed by atoms with Crippen LogP contribution in [0.25, 0.3) is 0 Å². The molecule has 0 radical (unpaired) electrons. The first-order chi connectivity index (χ1) is 6.82. The highest BCUT2D eigenvalue weighted by Crippen LogP contribution is 2.12. The Morgan fingerprint density at radius 2 is 2.00 bits per heavy atom. The van der Waals surface area contributed by atoms with Crippen molar-refractivity contribution < 1.29 is 19.1 Å². The predicted molar refractivity (Wildman–Crippen MR) is 51.6 cm³/mol. The summed E-state index contributed by atoms with van der Waals surface area (Å²) in [5.41, 5.74) is -1.16. The van der Waals surface area contributed by atoms with E-state index < -0.39 is 23.5 Å². The second-order valence-corrected chi connectivity index (χ2v) is 3.72. The highest BCUT2D eigenvalue weighted by molar-refractivity contribution is 5.79. The van der Waals surface area contributed by atoms with Crippen molar-refractivity contribution in [1.82, 2.24) is 0 Å². The summed E-state index contributed by atoms with van der Waals surface area (Å²) in [7, 11) is 1.25. The van der Waals surface area contributed by atoms with Gasteiger partial charge in [0, 0.05) is 0 Å². The van der Waals surface area contributed by atoms with E-state index in [0.717, 1.165) is 0 Å². The molecule has 5 heteroatoms. The van der Waals surface area contributed by atoms with Gasteiger partial charge in [-0.15, -0.1) is 0 Å². The van der Waals surface area contributed by atoms with Gasteiger partial charge >= 0.3 is 11.9 Å². The Balaban J connectivity index is 4.17. The van der Waals surface area contributed by atoms with Gasteiger partial charge in [0.15, 0.2) is 5.60 Å². The second-order valence-electron chi connectivity index (χ2n) is 3.72. The topological polar surface area (TPSA) is 76.4 Å². The Labute approximate surface area is 89.0 Å². The van der Waals surface area contributed by atoms with Gasteiger partial charge in [0.1, 0.15) is 6.07 Å². The average molecular weight is 213 g/mol. The van der Waals surface area contributed by atoms with Gasteiger partial charge in [-0.3, -0.25) is 9.59 Å². The van der Waals surface area contributed by atoms with Crippen LogP contribution < -0.4 is 0 Å². The fraction of sp³-hybridized carbons (Fsp3) is 0.700. The van der Waals surface area contributed by atoms with Crippen LogP contribution >= 0.6 is 0 Å². The second kappa shape index (κ2) is 5.35. The van der Waals surface area contributed by atoms with Gasteiger partial charge in [-0.2, -0.15) is 5.26 Å². The van der Waals surface area contributed by atoms with Gasteiger partial charge in [-0.05, 0) is 13.8 Å². The van der Waals surface area contributed by atoms with Crippen molar-refractivity contribution >= 4 is 11.9 Å². The molecule has 0 aliphatic carbocycles. The largest absolute Gasteiger partial charge is 0.469 e. The molecule has 84 valence electrons. The van der Waals surface area contributed by atoms with Gasteiger partial charge in [-0.25, -0.2) is 0 Å². The molecule has 0 aliphatic rings. The lowest BCUT2D eigenvalue weighted by Gasteiger charge is -2.17. The molecular weight excluding hydrogens is 198 g/mol. The summed E-state index contributed by atoms with van der Waals surface area (Å²) < 4.78 is 9.30. The average Bonchev–Trinajstić information content (AvgIpc) is 2.15. The van der Waals surface area contributed by atoms with Crippen molar-refractivity contribution in [1.29, 1.82) is 5.26 Å². The summed E-state index contributed by atoms with van der Waals surface area (Å²) in [5.74, 6) is -1.61. The lowest BCUT2D eigenvalue weighted by atomic mass is 10.1. The predicted octanol–water partition coefficient (Wildman–Crippen LogP) is 1.03. The molecule has 0 bridgehead atoms. The molecule has 0 saturated heterocycles. The van der Waals surface area contributed by atoms with E-state index >= 15 is 0 Å². The highest BCUT2D eigenvalue weighted by Gasteiger charge is 2.25. The molecule has 0 spiro atoms. The maximum atomic E-state index is 11.3. The van der Waals surface area contributed by atoms with Gasteiger partial charge in [0.2, 0.25) is 0 Å². The first-order valence-corrected chi connectivity index (χ1v) is 4.53. The van der Waals surface area contributed by atoms with Crippen LogP contribution in [0, 0.1) is 17.2 Å². The van der Waals surface area contributed by atoms with Crippen molar-refractivity contribution in [3.05, 3.63) is 0 Å². The minimum absolute atomic E-state index is 0.0855. The summed E-state index contributed by atoms with van der Waals surface area (Å²) in [5, 5.41) is 8.61. The molecule has 0 heterocycles. The number of nitrogens with zero attached hydrogens (tertiary/aromatic N) is 1. The third-order valence-electron chi connectivity index (χ3n) is 1.71. The molecule has 0 saturated carbocycles. The molecular formula is C10H15NO4. The van der Waals surface area contributed by atoms with Crippen molar-refractivity contribution in [2.24, 2.45) is 5.92 Å². The van der Waals surface area contributed by atoms with Crippen molar-refractivity contribution in [2.45, 2.75) is 32.8 Å². The van der Waals surface area contributed by atoms with Crippen LogP contribution in [0.15, 0.2) is 0 Å². The Morgan fingerprint density at radius 1 is 1.47 bits per heavy atom. The van der Waals surface area contributed by atoms with Crippen molar-refractivity contribution in [3.63, 3.8) is 0 Å². The van der Waals surface area contributed by atoms with Crippen molar-refractivity contribution in [2.75, 3.05) is 7.11 Å². The van der Waals surface area contributed by atoms with Crippen LogP contribution in [0.3, 0.4) is 0 Å². The summed E-state index contributed by atoms with van der Waals surface area (Å²) in [6, 6.07) is 1.83. The molecule has 0 aromatic heterocycles. The molecule has 0 aromatic carbocycles. The molecule has 0 aliphatic heterocycles. The van der Waals surface area contributed by atoms with Gasteiger partial charge < -0.3 is 9.47 Å². The zero-order valence-electron chi connectivity index (χ0n) is 9.36. The Kier molecular flexibility index (Phi) is 4.79. The first-order valence-electron chi connectivity index (χ1n) is 4.53. The number of nitriles is 1. The molecule has 0 amide bonds. The summed E-state index contributed by atoms with van der Waals surface area (Å²) in [4.78, 5) is 22.3. The zero-order chi connectivity index (χ0) is 12.1. The fourth-order valence-electron chi connectivity index (χ4n) is 0.884. The molecule has 1 unspecified atom stereocenters. The lowest BCUT2D eigenvalue weighted by molar-refractivity contribution is -0.158. The first kappa shape index (κ1) is 13.4. The number of hydrogen-bond acceptors (Lipinski definition) is 5. The van der Waals surface area contributed by atoms with Gasteiger partial charge in [-0.1, -0.05) is 6.92 Å². The van der Waals surface area contributed by atoms with E-state index in [-0.39, 0.29) is 6.42 Å². The minimum Gasteiger partial charge on any atom is -0.469 e. The van der Waals surface area contributed by atoms with Gasteiger partial charge in [0.05, 0.1) is 19.4 Å². The molecule has 15 heavy (non-hydrogen) atoms. The summed E-state index contributed by atoms with van der Waals surface area (Å²) in [6.07, 6.45) is -0.0855. The zero-order valence-corrected chi connectivity index (χ0v) is 9.36. The number of esters is 2. The molecule has 1 atom stereocenters. The minimum atomic E-state index is -1.16. The lowest BCUT2D eigenvalue weighted by Crippen LogP contribution is -2.28. The van der Waals surface area contributed by atoms with E-state index in [2.05, 4.69) is 4.74 Å². The molecule has 0 fully saturated rings. The Morgan fingerprint density at radius 3 is 2.40 bits per heavy atom. The highest BCUT2D eigenvalue weighted by atomic mass is 16.6. The molecule has 5 nitrogen and oxygen atoms in total. The summed E-state index contributed by atoms with van der Waals surface area (Å²) >= 11 is 0. The monoisotopic (exact) mass is 213 g/mol. The van der Waals surface area contributed by atoms with E-state index in [0.29, 0.717) is 0 Å². The fourth-order valence-corrected chi connectivity index (χ4v) is 0.884. The van der Waals surface area contributed by atoms with Crippen molar-refractivity contribution in [3.8, 4) is 6.07 Å². The smallest absolute Gasteiger partial charge is 0.308 e. The third-order valence-corrected chi connectivity index (χ3v) is 1.71. The van der Waals surface area contributed by atoms with Crippen LogP contribution in [-0.2, 0) is 19.1 Å². The van der Waals surface area contributed by atoms with Crippen LogP contribution in [0.1, 0.15) is 27.2 Å². The number of carbonyl (C=O) groups excluding carboxylic acids is 2. The summed E-state index contributed by atoms with van der Waals surface area (Å²) in [6.45, 7) is 4.52. The number of hydrogen-bond donors (Lipinski definition) is 0. The van der Waals surface area contributed by atoms with E-state index in [1.54, 1.807) is 6.92 Å². The van der Waals surface area contributed by atoms with Crippen LogP contribution in [-0.4, -0.2) is 24.6 Å². The normalized spacial score (nSPS) is 12.5. The van der Waals surface area contributed by atoms with E-state index in [4.69, 9.17) is 10.00 Å². The molecule has 0 rings (SSSR count). The van der Waals surface area contributed by atoms with E-state index in [9.17, 15) is 9.59 Å². The van der Waals surface area contributed by atoms with E-state index in [1.165, 1.54) is 21.0 Å². The molecule has 0 aromatic rings. The number of rotatable bonds is 4. The number of methoxy groups -OCH3 is 1. The maximum Gasteiger partial charge on any atom is 0.308 e. The van der Waals surface area contributed by atoms with Crippen LogP contribution in [0.4, 0.5) is 0 Å². The SMILES string of the molecule is COC(=O)C(C)CC(=O)OC(C)(C)C#N. The van der Waals surface area contributed by atoms with E-state index in [1.807, 2.05) is 6.07 Å². The number of ether oxygens (including phenoxy) is 2. The Bertz CT molecular complexity index is 290. The molecule has 0 N–H and O–H groups in total. The van der Waals surface area contributed by atoms with Crippen LogP contribution in [0.2, 0.25) is 0 Å².